The van der Waals surface area contributed by atoms with Gasteiger partial charge in [0.2, 0.25) is 0 Å². The van der Waals surface area contributed by atoms with Crippen LogP contribution in [-0.4, -0.2) is 30.2 Å². The van der Waals surface area contributed by atoms with Gasteiger partial charge in [0.1, 0.15) is 17.5 Å². The largest absolute Gasteiger partial charge is 0.497 e. The number of methoxy groups -OCH3 is 1. The van der Waals surface area contributed by atoms with Gasteiger partial charge in [0.25, 0.3) is 0 Å². The quantitative estimate of drug-likeness (QED) is 0.578. The van der Waals surface area contributed by atoms with Crippen LogP contribution in [0.15, 0.2) is 12.1 Å². The van der Waals surface area contributed by atoms with Gasteiger partial charge in [-0.1, -0.05) is 48.5 Å². The van der Waals surface area contributed by atoms with Gasteiger partial charge in [-0.2, -0.15) is 0 Å². The lowest BCUT2D eigenvalue weighted by Crippen LogP contribution is -2.38. The van der Waals surface area contributed by atoms with Crippen molar-refractivity contribution in [3.8, 4) is 11.5 Å². The fourth-order valence-corrected chi connectivity index (χ4v) is 2.73. The van der Waals surface area contributed by atoms with Crippen molar-refractivity contribution in [3.05, 3.63) is 23.3 Å². The molecule has 0 fully saturated rings. The van der Waals surface area contributed by atoms with Gasteiger partial charge in [-0.15, -0.1) is 0 Å². The number of carboxylic acids is 1. The molecule has 0 heterocycles. The number of hydrogen-bond donors (Lipinski definition) is 2. The molecule has 152 valence electrons. The Hall–Kier alpha value is -2.08. The van der Waals surface area contributed by atoms with E-state index in [9.17, 15) is 9.59 Å². The molecule has 0 saturated heterocycles. The second-order valence-electron chi connectivity index (χ2n) is 9.07. The summed E-state index contributed by atoms with van der Waals surface area (Å²) in [4.78, 5) is 23.6. The Morgan fingerprint density at radius 3 is 1.85 bits per heavy atom. The molecule has 0 bridgehead atoms. The molecule has 6 nitrogen and oxygen atoms in total. The molecule has 1 aromatic rings. The van der Waals surface area contributed by atoms with Gasteiger partial charge < -0.3 is 20.3 Å². The average Bonchev–Trinajstić information content (AvgIpc) is 2.51. The third-order valence-electron chi connectivity index (χ3n) is 4.52. The van der Waals surface area contributed by atoms with Crippen LogP contribution in [0.5, 0.6) is 11.5 Å². The number of rotatable bonds is 6. The summed E-state index contributed by atoms with van der Waals surface area (Å²) in [5.41, 5.74) is 6.76. The van der Waals surface area contributed by atoms with E-state index in [0.29, 0.717) is 11.5 Å². The number of ether oxygens (including phenoxy) is 2. The molecule has 6 heteroatoms. The van der Waals surface area contributed by atoms with E-state index >= 15 is 0 Å². The first-order valence-corrected chi connectivity index (χ1v) is 9.10. The van der Waals surface area contributed by atoms with Crippen LogP contribution >= 0.6 is 0 Å². The second kappa shape index (κ2) is 8.30. The molecule has 1 rings (SSSR count). The van der Waals surface area contributed by atoms with Crippen LogP contribution in [0, 0.1) is 5.92 Å². The highest BCUT2D eigenvalue weighted by atomic mass is 16.5. The van der Waals surface area contributed by atoms with Crippen molar-refractivity contribution in [2.45, 2.75) is 71.8 Å². The maximum Gasteiger partial charge on any atom is 0.320 e. The zero-order valence-corrected chi connectivity index (χ0v) is 17.7. The molecule has 0 spiro atoms. The summed E-state index contributed by atoms with van der Waals surface area (Å²) in [5, 5.41) is 9.02. The Labute approximate surface area is 162 Å². The van der Waals surface area contributed by atoms with E-state index < -0.39 is 23.9 Å². The lowest BCUT2D eigenvalue weighted by molar-refractivity contribution is -0.141. The predicted octanol–water partition coefficient (Wildman–Crippen LogP) is 3.63. The standard InChI is InChI=1S/C21H33NO5/c1-12(17(22)19(24)25)9-16(23)27-18-14(20(2,3)4)10-13(26-8)11-15(18)21(5,6)7/h10-12,17H,9,22H2,1-8H3,(H,24,25)/t12?,17-/m0/s1. The first-order valence-electron chi connectivity index (χ1n) is 9.10. The molecule has 1 unspecified atom stereocenters. The first kappa shape index (κ1) is 23.0. The highest BCUT2D eigenvalue weighted by molar-refractivity contribution is 5.77. The van der Waals surface area contributed by atoms with Gasteiger partial charge in [-0.3, -0.25) is 9.59 Å². The zero-order valence-electron chi connectivity index (χ0n) is 17.7. The van der Waals surface area contributed by atoms with Gasteiger partial charge in [0, 0.05) is 11.1 Å². The molecule has 0 aliphatic rings. The van der Waals surface area contributed by atoms with E-state index in [1.165, 1.54) is 0 Å². The molecular weight excluding hydrogens is 346 g/mol. The summed E-state index contributed by atoms with van der Waals surface area (Å²) in [6, 6.07) is 2.65. The van der Waals surface area contributed by atoms with Crippen molar-refractivity contribution in [1.29, 1.82) is 0 Å². The summed E-state index contributed by atoms with van der Waals surface area (Å²) in [7, 11) is 1.61. The summed E-state index contributed by atoms with van der Waals surface area (Å²) in [6.45, 7) is 13.8. The van der Waals surface area contributed by atoms with Crippen LogP contribution in [0.3, 0.4) is 0 Å². The molecule has 0 aromatic heterocycles. The maximum atomic E-state index is 12.6. The van der Waals surface area contributed by atoms with E-state index in [1.807, 2.05) is 53.7 Å². The number of aliphatic carboxylic acids is 1. The molecule has 27 heavy (non-hydrogen) atoms. The summed E-state index contributed by atoms with van der Waals surface area (Å²) in [6.07, 6.45) is -0.0767. The van der Waals surface area contributed by atoms with Gasteiger partial charge in [-0.05, 0) is 28.9 Å². The van der Waals surface area contributed by atoms with Gasteiger partial charge in [0.15, 0.2) is 0 Å². The van der Waals surface area contributed by atoms with Crippen LogP contribution < -0.4 is 15.2 Å². The number of benzene rings is 1. The van der Waals surface area contributed by atoms with Crippen LogP contribution in [-0.2, 0) is 20.4 Å². The number of carbonyl (C=O) groups is 2. The predicted molar refractivity (Wildman–Crippen MR) is 105 cm³/mol. The number of nitrogens with two attached hydrogens (primary N) is 1. The molecule has 1 aromatic carbocycles. The number of hydrogen-bond acceptors (Lipinski definition) is 5. The molecular formula is C21H33NO5. The Kier molecular flexibility index (Phi) is 7.05. The van der Waals surface area contributed by atoms with E-state index in [2.05, 4.69) is 0 Å². The number of esters is 1. The number of carbonyl (C=O) groups excluding carboxylic acids is 1. The van der Waals surface area contributed by atoms with Crippen molar-refractivity contribution in [2.75, 3.05) is 7.11 Å². The van der Waals surface area contributed by atoms with Crippen molar-refractivity contribution in [2.24, 2.45) is 11.7 Å². The van der Waals surface area contributed by atoms with E-state index in [1.54, 1.807) is 14.0 Å². The summed E-state index contributed by atoms with van der Waals surface area (Å²) in [5.74, 6) is -0.960. The Morgan fingerprint density at radius 1 is 1.07 bits per heavy atom. The molecule has 0 aliphatic heterocycles. The minimum atomic E-state index is -1.13. The first-order chi connectivity index (χ1) is 12.2. The maximum absolute atomic E-state index is 12.6. The monoisotopic (exact) mass is 379 g/mol. The second-order valence-corrected chi connectivity index (χ2v) is 9.07. The van der Waals surface area contributed by atoms with Crippen molar-refractivity contribution >= 4 is 11.9 Å². The normalized spacial score (nSPS) is 14.4. The Balaban J connectivity index is 3.36. The van der Waals surface area contributed by atoms with E-state index in [0.717, 1.165) is 11.1 Å². The minimum absolute atomic E-state index is 0.0767. The van der Waals surface area contributed by atoms with Gasteiger partial charge in [-0.25, -0.2) is 0 Å². The van der Waals surface area contributed by atoms with Crippen LogP contribution in [0.1, 0.15) is 66.0 Å². The minimum Gasteiger partial charge on any atom is -0.497 e. The van der Waals surface area contributed by atoms with Crippen LogP contribution in [0.25, 0.3) is 0 Å². The van der Waals surface area contributed by atoms with E-state index in [-0.39, 0.29) is 17.3 Å². The number of carboxylic acid groups (broad SMARTS) is 1. The van der Waals surface area contributed by atoms with E-state index in [4.69, 9.17) is 20.3 Å². The fraction of sp³-hybridized carbons (Fsp3) is 0.619. The van der Waals surface area contributed by atoms with Crippen molar-refractivity contribution < 1.29 is 24.2 Å². The Bertz CT molecular complexity index is 662. The third kappa shape index (κ3) is 5.96. The fourth-order valence-electron chi connectivity index (χ4n) is 2.73. The lowest BCUT2D eigenvalue weighted by Gasteiger charge is -2.30. The van der Waals surface area contributed by atoms with Gasteiger partial charge >= 0.3 is 11.9 Å². The summed E-state index contributed by atoms with van der Waals surface area (Å²) < 4.78 is 11.2. The molecule has 0 aliphatic carbocycles. The lowest BCUT2D eigenvalue weighted by atomic mass is 9.79. The smallest absolute Gasteiger partial charge is 0.320 e. The highest BCUT2D eigenvalue weighted by Gasteiger charge is 2.31. The third-order valence-corrected chi connectivity index (χ3v) is 4.52. The Morgan fingerprint density at radius 2 is 1.52 bits per heavy atom. The molecule has 0 radical (unpaired) electrons. The molecule has 2 atom stereocenters. The SMILES string of the molecule is COc1cc(C(C)(C)C)c(OC(=O)CC(C)[C@H](N)C(=O)O)c(C(C)(C)C)c1. The molecule has 0 saturated carbocycles. The van der Waals surface area contributed by atoms with Crippen LogP contribution in [0.4, 0.5) is 0 Å². The molecule has 0 amide bonds. The van der Waals surface area contributed by atoms with Crippen molar-refractivity contribution in [3.63, 3.8) is 0 Å². The highest BCUT2D eigenvalue weighted by Crippen LogP contribution is 2.42. The van der Waals surface area contributed by atoms with Crippen molar-refractivity contribution in [1.82, 2.24) is 0 Å². The average molecular weight is 379 g/mol. The topological polar surface area (TPSA) is 98.9 Å². The molecule has 3 N–H and O–H groups in total. The van der Waals surface area contributed by atoms with Gasteiger partial charge in [0.05, 0.1) is 13.5 Å². The van der Waals surface area contributed by atoms with Crippen LogP contribution in [0.2, 0.25) is 0 Å². The summed E-state index contributed by atoms with van der Waals surface area (Å²) >= 11 is 0. The zero-order chi connectivity index (χ0) is 21.2.